The number of rotatable bonds is 17. The predicted molar refractivity (Wildman–Crippen MR) is 250 cm³/mol. The van der Waals surface area contributed by atoms with E-state index in [-0.39, 0.29) is 28.9 Å². The summed E-state index contributed by atoms with van der Waals surface area (Å²) < 4.78 is 87.7. The number of carboxylic acids is 1. The Morgan fingerprint density at radius 2 is 1.56 bits per heavy atom. The first kappa shape index (κ1) is 46.7. The summed E-state index contributed by atoms with van der Waals surface area (Å²) in [7, 11) is -8.54. The van der Waals surface area contributed by atoms with Gasteiger partial charge in [0.05, 0.1) is 16.7 Å². The van der Waals surface area contributed by atoms with Crippen molar-refractivity contribution in [2.75, 3.05) is 28.6 Å². The van der Waals surface area contributed by atoms with Gasteiger partial charge >= 0.3 is 5.97 Å². The molecule has 64 heavy (non-hydrogen) atoms. The van der Waals surface area contributed by atoms with E-state index in [9.17, 15) is 40.2 Å². The van der Waals surface area contributed by atoms with Crippen LogP contribution in [0.25, 0.3) is 10.8 Å². The highest BCUT2D eigenvalue weighted by atomic mass is 32.2. The molecule has 0 radical (unpaired) electrons. The fourth-order valence-corrected chi connectivity index (χ4v) is 10.7. The van der Waals surface area contributed by atoms with Crippen molar-refractivity contribution in [3.05, 3.63) is 143 Å². The van der Waals surface area contributed by atoms with Crippen molar-refractivity contribution >= 4 is 48.4 Å². The van der Waals surface area contributed by atoms with Gasteiger partial charge < -0.3 is 19.6 Å². The maximum atomic E-state index is 14.8. The fraction of sp³-hybridized carbons (Fsp3) is 0.380. The summed E-state index contributed by atoms with van der Waals surface area (Å²) in [6.45, 7) is 9.75. The first-order valence-corrected chi connectivity index (χ1v) is 24.9. The van der Waals surface area contributed by atoms with Crippen LogP contribution in [0.4, 0.5) is 15.8 Å². The molecule has 2 aliphatic heterocycles. The lowest BCUT2D eigenvalue weighted by Gasteiger charge is -2.33. The maximum absolute atomic E-state index is 14.8. The average Bonchev–Trinajstić information content (AvgIpc) is 3.58. The van der Waals surface area contributed by atoms with E-state index in [4.69, 9.17) is 4.74 Å². The normalized spacial score (nSPS) is 19.6. The van der Waals surface area contributed by atoms with E-state index in [1.807, 2.05) is 18.2 Å². The van der Waals surface area contributed by atoms with Crippen LogP contribution in [-0.4, -0.2) is 61.9 Å². The zero-order chi connectivity index (χ0) is 46.0. The Kier molecular flexibility index (Phi) is 13.6. The number of carbonyl (C=O) groups is 1. The monoisotopic (exact) mass is 912 g/mol. The van der Waals surface area contributed by atoms with Crippen LogP contribution in [0, 0.1) is 5.82 Å². The Hall–Kier alpha value is -5.28. The minimum atomic E-state index is -4.43. The molecule has 1 unspecified atom stereocenters. The molecule has 14 heteroatoms. The Morgan fingerprint density at radius 3 is 2.28 bits per heavy atom. The SMILES string of the molecule is CC1(C)/C(=C\C=C2/CCCC(/C=C/C3N(CCCCCC(=O)O)c4ccc(F)cc4C3(C)C)=C2Oc2ccc(S(=O)(=O)O)cc2)N(CCCCS(=O)(=O)O)c2ccc3ccccc3c21. The third kappa shape index (κ3) is 10.1. The highest BCUT2D eigenvalue weighted by molar-refractivity contribution is 7.86. The van der Waals surface area contributed by atoms with Gasteiger partial charge in [0.1, 0.15) is 17.3 Å². The largest absolute Gasteiger partial charge is 0.481 e. The topological polar surface area (TPSA) is 162 Å². The molecule has 11 nitrogen and oxygen atoms in total. The van der Waals surface area contributed by atoms with E-state index in [2.05, 4.69) is 86.1 Å². The molecular formula is C50H57FN2O9S2. The van der Waals surface area contributed by atoms with E-state index in [0.717, 1.165) is 69.4 Å². The second-order valence-corrected chi connectivity index (χ2v) is 21.0. The summed E-state index contributed by atoms with van der Waals surface area (Å²) in [4.78, 5) is 15.4. The van der Waals surface area contributed by atoms with E-state index >= 15 is 0 Å². The molecule has 7 rings (SSSR count). The van der Waals surface area contributed by atoms with Crippen LogP contribution in [-0.2, 0) is 35.9 Å². The number of anilines is 2. The summed E-state index contributed by atoms with van der Waals surface area (Å²) in [6, 6.07) is 22.8. The molecule has 3 N–H and O–H groups in total. The number of ether oxygens (including phenoxy) is 1. The van der Waals surface area contributed by atoms with Gasteiger partial charge in [0.2, 0.25) is 0 Å². The van der Waals surface area contributed by atoms with Gasteiger partial charge in [0.15, 0.2) is 0 Å². The van der Waals surface area contributed by atoms with Crippen LogP contribution in [0.5, 0.6) is 5.75 Å². The number of hydrogen-bond acceptors (Lipinski definition) is 8. The van der Waals surface area contributed by atoms with Crippen LogP contribution in [0.15, 0.2) is 131 Å². The van der Waals surface area contributed by atoms with Crippen molar-refractivity contribution in [1.29, 1.82) is 0 Å². The first-order chi connectivity index (χ1) is 30.3. The number of fused-ring (bicyclic) bond motifs is 4. The quantitative estimate of drug-likeness (QED) is 0.0683. The highest BCUT2D eigenvalue weighted by Crippen LogP contribution is 2.51. The Morgan fingerprint density at radius 1 is 0.844 bits per heavy atom. The number of aliphatic carboxylic acids is 1. The summed E-state index contributed by atoms with van der Waals surface area (Å²) in [5.41, 5.74) is 5.90. The van der Waals surface area contributed by atoms with Crippen molar-refractivity contribution in [2.45, 2.75) is 107 Å². The van der Waals surface area contributed by atoms with E-state index in [0.29, 0.717) is 56.7 Å². The van der Waals surface area contributed by atoms with Crippen molar-refractivity contribution in [3.63, 3.8) is 0 Å². The Balaban J connectivity index is 1.30. The smallest absolute Gasteiger partial charge is 0.303 e. The average molecular weight is 913 g/mol. The van der Waals surface area contributed by atoms with Crippen LogP contribution in [0.3, 0.4) is 0 Å². The molecule has 0 amide bonds. The number of benzene rings is 4. The van der Waals surface area contributed by atoms with Gasteiger partial charge in [-0.1, -0.05) is 82.7 Å². The third-order valence-corrected chi connectivity index (χ3v) is 14.5. The molecule has 2 heterocycles. The molecule has 1 atom stereocenters. The molecule has 0 bridgehead atoms. The number of nitrogens with zero attached hydrogens (tertiary/aromatic N) is 2. The predicted octanol–water partition coefficient (Wildman–Crippen LogP) is 10.7. The molecule has 340 valence electrons. The molecular weight excluding hydrogens is 856 g/mol. The minimum Gasteiger partial charge on any atom is -0.481 e. The van der Waals surface area contributed by atoms with Gasteiger partial charge in [0.25, 0.3) is 20.2 Å². The standard InChI is InChI=1S/C50H57FN2O9S2/c1-49(2)41-33-37(51)21-27-42(41)52(30-9-5-6-17-46(54)55)44(49)28-19-35-14-12-15-36(48(35)62-38-22-24-39(25-23-38)64(59,60)61)20-29-45-50(3,4)47-40-16-8-7-13-34(40)18-26-43(47)53(45)31-10-11-32-63(56,57)58/h7-8,13,16,18-29,33,44H,5-6,9-12,14-15,17,30-32H2,1-4H3,(H,54,55)(H,56,57,58)(H,59,60,61)/b28-19+,36-20+,45-29+. The fourth-order valence-electron chi connectivity index (χ4n) is 9.68. The summed E-state index contributed by atoms with van der Waals surface area (Å²) in [5.74, 6) is -0.473. The minimum absolute atomic E-state index is 0.106. The van der Waals surface area contributed by atoms with Crippen molar-refractivity contribution in [3.8, 4) is 5.75 Å². The molecule has 0 spiro atoms. The highest BCUT2D eigenvalue weighted by Gasteiger charge is 2.44. The molecule has 1 aliphatic carbocycles. The van der Waals surface area contributed by atoms with Gasteiger partial charge in [-0.25, -0.2) is 4.39 Å². The molecule has 0 saturated carbocycles. The van der Waals surface area contributed by atoms with E-state index in [1.54, 1.807) is 6.07 Å². The molecule has 0 saturated heterocycles. The lowest BCUT2D eigenvalue weighted by atomic mass is 9.79. The summed E-state index contributed by atoms with van der Waals surface area (Å²) in [5, 5.41) is 11.4. The first-order valence-electron chi connectivity index (χ1n) is 21.9. The zero-order valence-corrected chi connectivity index (χ0v) is 38.4. The van der Waals surface area contributed by atoms with Gasteiger partial charge in [-0.2, -0.15) is 16.8 Å². The van der Waals surface area contributed by atoms with E-state index in [1.165, 1.54) is 30.3 Å². The lowest BCUT2D eigenvalue weighted by Crippen LogP contribution is -2.40. The van der Waals surface area contributed by atoms with Gasteiger partial charge in [0, 0.05) is 47.4 Å². The zero-order valence-electron chi connectivity index (χ0n) is 36.8. The molecule has 3 aliphatic rings. The number of carboxylic acid groups (broad SMARTS) is 1. The second kappa shape index (κ2) is 18.7. The maximum Gasteiger partial charge on any atom is 0.303 e. The molecule has 4 aromatic rings. The van der Waals surface area contributed by atoms with Crippen molar-refractivity contribution in [1.82, 2.24) is 0 Å². The Labute approximate surface area is 376 Å². The third-order valence-electron chi connectivity index (χ3n) is 12.9. The van der Waals surface area contributed by atoms with Crippen molar-refractivity contribution in [2.24, 2.45) is 0 Å². The van der Waals surface area contributed by atoms with Gasteiger partial charge in [-0.3, -0.25) is 13.9 Å². The lowest BCUT2D eigenvalue weighted by molar-refractivity contribution is -0.137. The molecule has 0 aromatic heterocycles. The number of allylic oxidation sites excluding steroid dienone is 6. The van der Waals surface area contributed by atoms with Crippen LogP contribution in [0.1, 0.15) is 96.6 Å². The van der Waals surface area contributed by atoms with Gasteiger partial charge in [-0.05, 0) is 133 Å². The Bertz CT molecular complexity index is 2770. The number of unbranched alkanes of at least 4 members (excludes halogenated alkanes) is 3. The molecule has 4 aromatic carbocycles. The number of hydrogen-bond donors (Lipinski definition) is 3. The van der Waals surface area contributed by atoms with Crippen LogP contribution < -0.4 is 14.5 Å². The van der Waals surface area contributed by atoms with Crippen molar-refractivity contribution < 1.29 is 45.0 Å². The summed E-state index contributed by atoms with van der Waals surface area (Å²) in [6.07, 6.45) is 13.6. The number of halogens is 1. The molecule has 0 fully saturated rings. The van der Waals surface area contributed by atoms with E-state index < -0.39 is 37.0 Å². The second-order valence-electron chi connectivity index (χ2n) is 18.0. The summed E-state index contributed by atoms with van der Waals surface area (Å²) >= 11 is 0. The van der Waals surface area contributed by atoms with Crippen LogP contribution >= 0.6 is 0 Å². The van der Waals surface area contributed by atoms with Gasteiger partial charge in [-0.15, -0.1) is 0 Å². The van der Waals surface area contributed by atoms with Crippen LogP contribution in [0.2, 0.25) is 0 Å².